The van der Waals surface area contributed by atoms with Crippen LogP contribution in [0.5, 0.6) is 0 Å². The number of hydrogen-bond donors (Lipinski definition) is 2. The third-order valence-corrected chi connectivity index (χ3v) is 8.97. The van der Waals surface area contributed by atoms with Gasteiger partial charge >= 0.3 is 12.1 Å². The molecule has 3 heterocycles. The van der Waals surface area contributed by atoms with Gasteiger partial charge in [0.2, 0.25) is 0 Å². The molecule has 0 aromatic carbocycles. The number of aliphatic hydroxyl groups is 1. The molecule has 3 aliphatic rings. The van der Waals surface area contributed by atoms with Crippen molar-refractivity contribution in [2.45, 2.75) is 103 Å². The molecule has 1 amide bonds. The van der Waals surface area contributed by atoms with Crippen molar-refractivity contribution in [1.29, 1.82) is 0 Å². The fourth-order valence-corrected chi connectivity index (χ4v) is 6.56. The van der Waals surface area contributed by atoms with Gasteiger partial charge in [0, 0.05) is 51.5 Å². The van der Waals surface area contributed by atoms with Crippen LogP contribution in [-0.4, -0.2) is 115 Å². The van der Waals surface area contributed by atoms with Gasteiger partial charge in [0.05, 0.1) is 42.5 Å². The number of carbonyl (C=O) groups is 2. The summed E-state index contributed by atoms with van der Waals surface area (Å²) < 4.78 is 23.8. The fraction of sp³-hybridized carbons (Fsp3) is 0.806. The maximum Gasteiger partial charge on any atom is 0.410 e. The fourth-order valence-electron chi connectivity index (χ4n) is 6.56. The van der Waals surface area contributed by atoms with Crippen molar-refractivity contribution in [3.05, 3.63) is 23.8 Å². The molecule has 10 nitrogen and oxygen atoms in total. The largest absolute Gasteiger partial charge is 0.481 e. The number of nitrogens with zero attached hydrogens (tertiary/aromatic N) is 2. The van der Waals surface area contributed by atoms with Crippen LogP contribution in [0, 0.1) is 17.8 Å². The molecule has 0 aromatic heterocycles. The summed E-state index contributed by atoms with van der Waals surface area (Å²) in [5.74, 6) is -0.737. The number of methoxy groups -OCH3 is 1. The number of carbonyl (C=O) groups excluding carboxylic acids is 1. The summed E-state index contributed by atoms with van der Waals surface area (Å²) in [7, 11) is 3.65. The first kappa shape index (κ1) is 33.5. The first-order valence-electron chi connectivity index (χ1n) is 15.0. The molecule has 0 aliphatic carbocycles. The van der Waals surface area contributed by atoms with Crippen LogP contribution >= 0.6 is 0 Å². The normalized spacial score (nSPS) is 34.2. The first-order chi connectivity index (χ1) is 19.2. The van der Waals surface area contributed by atoms with E-state index in [1.807, 2.05) is 33.0 Å². The van der Waals surface area contributed by atoms with Crippen molar-refractivity contribution >= 4 is 12.1 Å². The second-order valence-corrected chi connectivity index (χ2v) is 12.7. The lowest BCUT2D eigenvalue weighted by Gasteiger charge is -2.41. The average molecular weight is 581 g/mol. The third kappa shape index (κ3) is 9.00. The van der Waals surface area contributed by atoms with Gasteiger partial charge in [0.15, 0.2) is 0 Å². The Morgan fingerprint density at radius 3 is 2.41 bits per heavy atom. The lowest BCUT2D eigenvalue weighted by atomic mass is 9.85. The monoisotopic (exact) mass is 580 g/mol. The number of carboxylic acid groups (broad SMARTS) is 1. The predicted octanol–water partition coefficient (Wildman–Crippen LogP) is 3.73. The number of aliphatic carboxylic acids is 1. The van der Waals surface area contributed by atoms with Crippen LogP contribution in [0.25, 0.3) is 0 Å². The van der Waals surface area contributed by atoms with Gasteiger partial charge in [-0.3, -0.25) is 4.79 Å². The number of likely N-dealkylation sites (N-methyl/N-ethyl adjacent to an activating group) is 1. The minimum absolute atomic E-state index is 0.0309. The average Bonchev–Trinajstić information content (AvgIpc) is 3.56. The van der Waals surface area contributed by atoms with Gasteiger partial charge in [-0.1, -0.05) is 39.0 Å². The molecule has 2 N–H and O–H groups in total. The van der Waals surface area contributed by atoms with Gasteiger partial charge in [-0.05, 0) is 45.7 Å². The molecular weight excluding hydrogens is 528 g/mol. The van der Waals surface area contributed by atoms with Crippen molar-refractivity contribution in [2.24, 2.45) is 17.8 Å². The van der Waals surface area contributed by atoms with Crippen molar-refractivity contribution < 1.29 is 38.7 Å². The Bertz CT molecular complexity index is 946. The Morgan fingerprint density at radius 2 is 1.83 bits per heavy atom. The van der Waals surface area contributed by atoms with Crippen LogP contribution < -0.4 is 0 Å². The molecule has 3 saturated heterocycles. The summed E-state index contributed by atoms with van der Waals surface area (Å²) in [6.45, 7) is 14.9. The zero-order valence-corrected chi connectivity index (χ0v) is 26.1. The number of epoxide rings is 1. The van der Waals surface area contributed by atoms with Gasteiger partial charge in [-0.2, -0.15) is 0 Å². The van der Waals surface area contributed by atoms with Crippen LogP contribution in [0.4, 0.5) is 4.79 Å². The molecule has 0 spiro atoms. The highest BCUT2D eigenvalue weighted by molar-refractivity contribution is 5.68. The van der Waals surface area contributed by atoms with E-state index in [0.717, 1.165) is 25.1 Å². The highest BCUT2D eigenvalue weighted by atomic mass is 16.6. The number of ether oxygens (including phenoxy) is 4. The maximum atomic E-state index is 12.9. The number of rotatable bonds is 12. The van der Waals surface area contributed by atoms with Crippen LogP contribution in [0.1, 0.15) is 60.8 Å². The maximum absolute atomic E-state index is 12.9. The van der Waals surface area contributed by atoms with E-state index >= 15 is 0 Å². The highest BCUT2D eigenvalue weighted by Gasteiger charge is 2.56. The molecule has 0 radical (unpaired) electrons. The van der Waals surface area contributed by atoms with E-state index in [2.05, 4.69) is 31.7 Å². The summed E-state index contributed by atoms with van der Waals surface area (Å²) in [5.41, 5.74) is 0.691. The molecular formula is C31H52N2O8. The van der Waals surface area contributed by atoms with Crippen LogP contribution in [0.2, 0.25) is 0 Å². The zero-order chi connectivity index (χ0) is 30.5. The van der Waals surface area contributed by atoms with E-state index in [-0.39, 0.29) is 54.2 Å². The standard InChI is InChI=1S/C31H52N2O8/c1-19(18-31(6)29(41-31)22(4)28(38-8)23(5)34)10-9-11-20(2)27-21(3)25(16-24(39-27)17-26(35)36)40-30(37)33-14-12-32(7)13-15-33/h9-11,19,21-25,27-29,34H,12-18H2,1-8H3,(H,35,36)/b10-9+,20-11+/t19-,21+,22-,23-,24-,25-,27-,28-,29-,31+/m1/s1. The summed E-state index contributed by atoms with van der Waals surface area (Å²) in [6, 6.07) is 0. The number of piperazine rings is 1. The minimum Gasteiger partial charge on any atom is -0.481 e. The van der Waals surface area contributed by atoms with E-state index in [4.69, 9.17) is 18.9 Å². The topological polar surface area (TPSA) is 121 Å². The predicted molar refractivity (Wildman–Crippen MR) is 156 cm³/mol. The van der Waals surface area contributed by atoms with Gasteiger partial charge < -0.3 is 39.0 Å². The Hall–Kier alpha value is -1.98. The molecule has 234 valence electrons. The Labute approximate surface area is 245 Å². The molecule has 0 saturated carbocycles. The number of hydrogen-bond acceptors (Lipinski definition) is 8. The van der Waals surface area contributed by atoms with Crippen LogP contribution in [0.15, 0.2) is 23.8 Å². The molecule has 3 fully saturated rings. The second-order valence-electron chi connectivity index (χ2n) is 12.7. The van der Waals surface area contributed by atoms with E-state index in [1.54, 1.807) is 18.9 Å². The molecule has 3 aliphatic heterocycles. The van der Waals surface area contributed by atoms with Gasteiger partial charge in [-0.15, -0.1) is 0 Å². The zero-order valence-electron chi connectivity index (χ0n) is 26.1. The summed E-state index contributed by atoms with van der Waals surface area (Å²) in [5, 5.41) is 19.4. The molecule has 0 bridgehead atoms. The molecule has 3 rings (SSSR count). The number of carboxylic acids is 1. The lowest BCUT2D eigenvalue weighted by Crippen LogP contribution is -2.51. The quantitative estimate of drug-likeness (QED) is 0.263. The molecule has 0 aromatic rings. The number of allylic oxidation sites excluding steroid dienone is 3. The van der Waals surface area contributed by atoms with E-state index in [9.17, 15) is 19.8 Å². The number of amides is 1. The van der Waals surface area contributed by atoms with Gasteiger partial charge in [0.1, 0.15) is 6.10 Å². The highest BCUT2D eigenvalue weighted by Crippen LogP contribution is 2.47. The van der Waals surface area contributed by atoms with Crippen LogP contribution in [-0.2, 0) is 23.7 Å². The van der Waals surface area contributed by atoms with Gasteiger partial charge in [-0.25, -0.2) is 4.79 Å². The van der Waals surface area contributed by atoms with E-state index in [0.29, 0.717) is 19.5 Å². The smallest absolute Gasteiger partial charge is 0.410 e. The Kier molecular flexibility index (Phi) is 11.8. The molecule has 0 unspecified atom stereocenters. The molecule has 10 atom stereocenters. The first-order valence-corrected chi connectivity index (χ1v) is 15.0. The summed E-state index contributed by atoms with van der Waals surface area (Å²) >= 11 is 0. The van der Waals surface area contributed by atoms with Crippen LogP contribution in [0.3, 0.4) is 0 Å². The van der Waals surface area contributed by atoms with E-state index in [1.165, 1.54) is 0 Å². The molecule has 41 heavy (non-hydrogen) atoms. The SMILES string of the molecule is CO[C@H]([C@@H](C)[C@H]1O[C@@]1(C)C[C@H](C)/C=C/C=C(\C)[C@H]1O[C@@H](CC(=O)O)C[C@@H](OC(=O)N2CCN(C)CC2)[C@@H]1C)[C@@H](C)O. The summed E-state index contributed by atoms with van der Waals surface area (Å²) in [6.07, 6.45) is 4.74. The van der Waals surface area contributed by atoms with Crippen molar-refractivity contribution in [3.63, 3.8) is 0 Å². The molecule has 10 heteroatoms. The van der Waals surface area contributed by atoms with Crippen molar-refractivity contribution in [3.8, 4) is 0 Å². The minimum atomic E-state index is -0.934. The van der Waals surface area contributed by atoms with Crippen molar-refractivity contribution in [2.75, 3.05) is 40.3 Å². The Balaban J connectivity index is 1.61. The second kappa shape index (κ2) is 14.5. The number of aliphatic hydroxyl groups excluding tert-OH is 1. The summed E-state index contributed by atoms with van der Waals surface area (Å²) in [4.78, 5) is 28.3. The van der Waals surface area contributed by atoms with Crippen molar-refractivity contribution in [1.82, 2.24) is 9.80 Å². The lowest BCUT2D eigenvalue weighted by molar-refractivity contribution is -0.151. The Morgan fingerprint density at radius 1 is 1.17 bits per heavy atom. The van der Waals surface area contributed by atoms with E-state index < -0.39 is 24.3 Å². The van der Waals surface area contributed by atoms with Gasteiger partial charge in [0.25, 0.3) is 0 Å². The third-order valence-electron chi connectivity index (χ3n) is 8.97.